The molecule has 1 unspecified atom stereocenters. The predicted octanol–water partition coefficient (Wildman–Crippen LogP) is 5.45. The normalized spacial score (nSPS) is 12.2. The molecule has 0 aliphatic rings. The molecule has 11 heteroatoms. The van der Waals surface area contributed by atoms with E-state index in [-0.39, 0.29) is 23.3 Å². The highest BCUT2D eigenvalue weighted by Gasteiger charge is 2.25. The number of hydrogen-bond donors (Lipinski definition) is 2. The van der Waals surface area contributed by atoms with Gasteiger partial charge in [0.25, 0.3) is 11.8 Å². The summed E-state index contributed by atoms with van der Waals surface area (Å²) in [4.78, 5) is 31.2. The van der Waals surface area contributed by atoms with Gasteiger partial charge < -0.3 is 10.6 Å². The third kappa shape index (κ3) is 5.44. The van der Waals surface area contributed by atoms with E-state index < -0.39 is 5.91 Å². The smallest absolute Gasteiger partial charge is 0.274 e. The number of nitrogens with one attached hydrogen (secondary N) is 2. The number of halogens is 2. The van der Waals surface area contributed by atoms with Gasteiger partial charge >= 0.3 is 0 Å². The molecule has 4 heterocycles. The standard InChI is InChI=1S/C25H27BrClN7O2/c1-14(2)7-8-16(4)30-25(36)22-21(15(3)12-17-9-11-29-33(17)22)31-24(35)19-13-20(26)32-34(19)23-18(27)6-5-10-28-23/h5-6,9-14,16H,7-8H2,1-4H3,(H,30,36)(H,31,35). The van der Waals surface area contributed by atoms with Crippen molar-refractivity contribution in [3.8, 4) is 5.82 Å². The SMILES string of the molecule is Cc1cc2ccnn2c(C(=O)NC(C)CCC(C)C)c1NC(=O)c1cc(Br)nn1-c1ncccc1Cl. The summed E-state index contributed by atoms with van der Waals surface area (Å²) < 4.78 is 3.33. The number of pyridine rings is 2. The van der Waals surface area contributed by atoms with Gasteiger partial charge in [-0.15, -0.1) is 0 Å². The first-order chi connectivity index (χ1) is 17.2. The highest BCUT2D eigenvalue weighted by Crippen LogP contribution is 2.26. The van der Waals surface area contributed by atoms with E-state index in [0.717, 1.165) is 23.9 Å². The van der Waals surface area contributed by atoms with Crippen molar-refractivity contribution >= 4 is 50.5 Å². The molecule has 0 aliphatic heterocycles. The quantitative estimate of drug-likeness (QED) is 0.292. The first-order valence-electron chi connectivity index (χ1n) is 11.6. The zero-order valence-electron chi connectivity index (χ0n) is 20.4. The Morgan fingerprint density at radius 1 is 1.11 bits per heavy atom. The monoisotopic (exact) mass is 571 g/mol. The maximum absolute atomic E-state index is 13.5. The molecule has 4 rings (SSSR count). The predicted molar refractivity (Wildman–Crippen MR) is 143 cm³/mol. The third-order valence-electron chi connectivity index (χ3n) is 5.74. The Labute approximate surface area is 222 Å². The molecule has 0 saturated carbocycles. The molecule has 0 spiro atoms. The molecular formula is C25H27BrClN7O2. The second kappa shape index (κ2) is 10.8. The third-order valence-corrected chi connectivity index (χ3v) is 6.42. The Hall–Kier alpha value is -3.24. The number of anilines is 1. The van der Waals surface area contributed by atoms with E-state index in [4.69, 9.17) is 11.6 Å². The highest BCUT2D eigenvalue weighted by atomic mass is 79.9. The molecule has 1 atom stereocenters. The zero-order chi connectivity index (χ0) is 26.0. The van der Waals surface area contributed by atoms with Gasteiger partial charge in [0.15, 0.2) is 11.5 Å². The van der Waals surface area contributed by atoms with Crippen LogP contribution < -0.4 is 10.6 Å². The summed E-state index contributed by atoms with van der Waals surface area (Å²) in [6.45, 7) is 8.11. The molecule has 0 saturated heterocycles. The highest BCUT2D eigenvalue weighted by molar-refractivity contribution is 9.10. The number of nitrogens with zero attached hydrogens (tertiary/aromatic N) is 5. The lowest BCUT2D eigenvalue weighted by molar-refractivity contribution is 0.0930. The van der Waals surface area contributed by atoms with Gasteiger partial charge in [0, 0.05) is 18.3 Å². The van der Waals surface area contributed by atoms with Crippen LogP contribution in [0, 0.1) is 12.8 Å². The van der Waals surface area contributed by atoms with Crippen molar-refractivity contribution in [2.75, 3.05) is 5.32 Å². The fourth-order valence-corrected chi connectivity index (χ4v) is 4.47. The van der Waals surface area contributed by atoms with E-state index in [9.17, 15) is 9.59 Å². The lowest BCUT2D eigenvalue weighted by Gasteiger charge is -2.19. The lowest BCUT2D eigenvalue weighted by Crippen LogP contribution is -2.35. The van der Waals surface area contributed by atoms with Gasteiger partial charge in [0.1, 0.15) is 10.3 Å². The zero-order valence-corrected chi connectivity index (χ0v) is 22.8. The molecule has 2 amide bonds. The van der Waals surface area contributed by atoms with E-state index in [1.165, 1.54) is 9.20 Å². The first-order valence-corrected chi connectivity index (χ1v) is 12.8. The number of hydrogen-bond acceptors (Lipinski definition) is 5. The molecular weight excluding hydrogens is 546 g/mol. The molecule has 188 valence electrons. The maximum Gasteiger partial charge on any atom is 0.274 e. The van der Waals surface area contributed by atoms with Crippen LogP contribution in [0.2, 0.25) is 5.02 Å². The van der Waals surface area contributed by atoms with Crippen LogP contribution >= 0.6 is 27.5 Å². The summed E-state index contributed by atoms with van der Waals surface area (Å²) in [5.74, 6) is 0.0480. The largest absolute Gasteiger partial charge is 0.348 e. The van der Waals surface area contributed by atoms with Gasteiger partial charge in [-0.2, -0.15) is 10.2 Å². The van der Waals surface area contributed by atoms with E-state index in [2.05, 4.69) is 55.6 Å². The first kappa shape index (κ1) is 25.8. The fourth-order valence-electron chi connectivity index (χ4n) is 3.90. The summed E-state index contributed by atoms with van der Waals surface area (Å²) in [5.41, 5.74) is 2.27. The molecule has 0 bridgehead atoms. The Bertz CT molecular complexity index is 1430. The van der Waals surface area contributed by atoms with Gasteiger partial charge in [-0.05, 0) is 78.4 Å². The van der Waals surface area contributed by atoms with Crippen molar-refractivity contribution < 1.29 is 9.59 Å². The minimum absolute atomic E-state index is 0.0433. The molecule has 0 aliphatic carbocycles. The van der Waals surface area contributed by atoms with Gasteiger partial charge in [-0.3, -0.25) is 9.59 Å². The molecule has 0 fully saturated rings. The van der Waals surface area contributed by atoms with Crippen LogP contribution in [-0.4, -0.2) is 42.2 Å². The van der Waals surface area contributed by atoms with Crippen LogP contribution in [0.4, 0.5) is 5.69 Å². The Morgan fingerprint density at radius 2 is 1.89 bits per heavy atom. The molecule has 2 N–H and O–H groups in total. The summed E-state index contributed by atoms with van der Waals surface area (Å²) in [6.07, 6.45) is 5.02. The molecule has 36 heavy (non-hydrogen) atoms. The lowest BCUT2D eigenvalue weighted by atomic mass is 10.0. The minimum atomic E-state index is -0.480. The van der Waals surface area contributed by atoms with Crippen molar-refractivity contribution in [3.05, 3.63) is 69.3 Å². The van der Waals surface area contributed by atoms with Gasteiger partial charge in [-0.1, -0.05) is 25.4 Å². The van der Waals surface area contributed by atoms with E-state index in [0.29, 0.717) is 27.0 Å². The molecule has 0 radical (unpaired) electrons. The number of fused-ring (bicyclic) bond motifs is 1. The molecule has 4 aromatic heterocycles. The van der Waals surface area contributed by atoms with Gasteiger partial charge in [-0.25, -0.2) is 14.2 Å². The van der Waals surface area contributed by atoms with E-state index in [1.54, 1.807) is 30.6 Å². The van der Waals surface area contributed by atoms with Crippen LogP contribution in [0.15, 0.2) is 47.3 Å². The second-order valence-electron chi connectivity index (χ2n) is 9.09. The van der Waals surface area contributed by atoms with Gasteiger partial charge in [0.05, 0.1) is 22.4 Å². The van der Waals surface area contributed by atoms with Crippen molar-refractivity contribution in [3.63, 3.8) is 0 Å². The van der Waals surface area contributed by atoms with Crippen LogP contribution in [0.5, 0.6) is 0 Å². The molecule has 0 aromatic carbocycles. The number of aryl methyl sites for hydroxylation is 1. The summed E-state index contributed by atoms with van der Waals surface area (Å²) in [7, 11) is 0. The van der Waals surface area contributed by atoms with Gasteiger partial charge in [0.2, 0.25) is 0 Å². The maximum atomic E-state index is 13.5. The minimum Gasteiger partial charge on any atom is -0.348 e. The summed E-state index contributed by atoms with van der Waals surface area (Å²) in [6, 6.07) is 8.56. The van der Waals surface area contributed by atoms with Crippen LogP contribution in [-0.2, 0) is 0 Å². The topological polar surface area (TPSA) is 106 Å². The van der Waals surface area contributed by atoms with Crippen molar-refractivity contribution in [2.24, 2.45) is 5.92 Å². The van der Waals surface area contributed by atoms with Crippen molar-refractivity contribution in [2.45, 2.75) is 46.6 Å². The van der Waals surface area contributed by atoms with Crippen LogP contribution in [0.3, 0.4) is 0 Å². The number of carbonyl (C=O) groups is 2. The summed E-state index contributed by atoms with van der Waals surface area (Å²) >= 11 is 9.64. The second-order valence-corrected chi connectivity index (χ2v) is 10.3. The fraction of sp³-hybridized carbons (Fsp3) is 0.320. The van der Waals surface area contributed by atoms with Crippen LogP contribution in [0.25, 0.3) is 11.3 Å². The molecule has 4 aromatic rings. The Kier molecular flexibility index (Phi) is 7.75. The van der Waals surface area contributed by atoms with Crippen molar-refractivity contribution in [1.29, 1.82) is 0 Å². The van der Waals surface area contributed by atoms with Crippen LogP contribution in [0.1, 0.15) is 60.2 Å². The number of amides is 2. The number of carbonyl (C=O) groups excluding carboxylic acids is 2. The van der Waals surface area contributed by atoms with E-state index in [1.807, 2.05) is 26.0 Å². The Morgan fingerprint density at radius 3 is 2.61 bits per heavy atom. The average molecular weight is 573 g/mol. The number of aromatic nitrogens is 5. The Balaban J connectivity index is 1.71. The summed E-state index contributed by atoms with van der Waals surface area (Å²) in [5, 5.41) is 15.0. The van der Waals surface area contributed by atoms with Crippen molar-refractivity contribution in [1.82, 2.24) is 29.7 Å². The molecule has 9 nitrogen and oxygen atoms in total. The van der Waals surface area contributed by atoms with E-state index >= 15 is 0 Å². The average Bonchev–Trinajstić information content (AvgIpc) is 3.44. The number of rotatable bonds is 8.